The summed E-state index contributed by atoms with van der Waals surface area (Å²) in [7, 11) is 1.73. The second kappa shape index (κ2) is 14.4. The van der Waals surface area contributed by atoms with Gasteiger partial charge in [-0.2, -0.15) is 5.10 Å². The molecule has 1 saturated carbocycles. The number of aryl methyl sites for hydroxylation is 1. The molecule has 3 aromatic heterocycles. The lowest BCUT2D eigenvalue weighted by atomic mass is 10.0. The molecule has 0 N–H and O–H groups in total. The summed E-state index contributed by atoms with van der Waals surface area (Å²) in [6.07, 6.45) is 11.3. The number of morpholine rings is 1. The number of halogens is 2. The third kappa shape index (κ3) is 7.22. The Hall–Kier alpha value is -3.38. The van der Waals surface area contributed by atoms with Gasteiger partial charge in [-0.25, -0.2) is 14.4 Å². The first kappa shape index (κ1) is 31.6. The highest BCUT2D eigenvalue weighted by atomic mass is 35.5. The van der Waals surface area contributed by atoms with Crippen LogP contribution in [0.4, 0.5) is 10.2 Å². The van der Waals surface area contributed by atoms with Crippen molar-refractivity contribution in [3.63, 3.8) is 0 Å². The first-order valence-electron chi connectivity index (χ1n) is 15.8. The zero-order valence-corrected chi connectivity index (χ0v) is 26.5. The highest BCUT2D eigenvalue weighted by Gasteiger charge is 2.35. The summed E-state index contributed by atoms with van der Waals surface area (Å²) < 4.78 is 35.0. The Kier molecular flexibility index (Phi) is 10.1. The lowest BCUT2D eigenvalue weighted by molar-refractivity contribution is -0.0596. The van der Waals surface area contributed by atoms with Crippen LogP contribution in [-0.4, -0.2) is 76.5 Å². The standard InChI is InChI=1S/C20H18ClFN4O2.C13H22N2O2/c21-12-3-4-13(15(22)10-12)18-19-14(20(27)26-5-1-2-16(26)23-19)11-17(24-18)25-6-8-28-9-7-25;1-16-10-5-11-17-13(6-2-3-7-13)12-15-9-4-8-14-15/h3-4,10-11H,1-2,5-9H2;4,8-9H,2-3,5-7,10-12H2,1H3. The number of pyridine rings is 1. The lowest BCUT2D eigenvalue weighted by Crippen LogP contribution is -2.37. The van der Waals surface area contributed by atoms with Crippen LogP contribution in [0.5, 0.6) is 0 Å². The van der Waals surface area contributed by atoms with Gasteiger partial charge < -0.3 is 19.1 Å². The molecule has 5 heterocycles. The number of anilines is 1. The Balaban J connectivity index is 0.000000180. The predicted octanol–water partition coefficient (Wildman–Crippen LogP) is 5.28. The fourth-order valence-corrected chi connectivity index (χ4v) is 6.60. The van der Waals surface area contributed by atoms with E-state index < -0.39 is 5.82 Å². The van der Waals surface area contributed by atoms with Crippen molar-refractivity contribution in [2.45, 2.75) is 63.6 Å². The Morgan fingerprint density at radius 1 is 1.07 bits per heavy atom. The molecule has 12 heteroatoms. The van der Waals surface area contributed by atoms with Gasteiger partial charge in [0.15, 0.2) is 0 Å². The molecule has 3 aliphatic rings. The van der Waals surface area contributed by atoms with Crippen molar-refractivity contribution in [2.75, 3.05) is 51.5 Å². The van der Waals surface area contributed by atoms with Gasteiger partial charge in [0.2, 0.25) is 0 Å². The summed E-state index contributed by atoms with van der Waals surface area (Å²) in [6.45, 7) is 5.62. The van der Waals surface area contributed by atoms with Crippen molar-refractivity contribution in [2.24, 2.45) is 0 Å². The van der Waals surface area contributed by atoms with Crippen LogP contribution in [0.3, 0.4) is 0 Å². The number of nitrogens with zero attached hydrogens (tertiary/aromatic N) is 6. The SMILES string of the molecule is COCCCOC1(Cn2cccn2)CCCC1.O=c1c2cc(N3CCOCC3)nc(-c3ccc(Cl)cc3F)c2nc2n1CCC2. The first-order chi connectivity index (χ1) is 22.0. The van der Waals surface area contributed by atoms with Crippen LogP contribution >= 0.6 is 11.6 Å². The third-order valence-corrected chi connectivity index (χ3v) is 8.97. The zero-order valence-electron chi connectivity index (χ0n) is 25.7. The number of methoxy groups -OCH3 is 1. The molecule has 1 aromatic carbocycles. The van der Waals surface area contributed by atoms with Crippen LogP contribution in [-0.2, 0) is 33.7 Å². The van der Waals surface area contributed by atoms with E-state index in [9.17, 15) is 9.18 Å². The van der Waals surface area contributed by atoms with Crippen molar-refractivity contribution in [1.29, 1.82) is 0 Å². The highest BCUT2D eigenvalue weighted by Crippen LogP contribution is 2.35. The van der Waals surface area contributed by atoms with E-state index in [0.717, 1.165) is 57.7 Å². The molecular formula is C33H40ClFN6O4. The van der Waals surface area contributed by atoms with Gasteiger partial charge in [0.25, 0.3) is 5.56 Å². The minimum atomic E-state index is -0.483. The van der Waals surface area contributed by atoms with Crippen molar-refractivity contribution < 1.29 is 18.6 Å². The Labute approximate surface area is 267 Å². The van der Waals surface area contributed by atoms with Crippen molar-refractivity contribution in [3.05, 3.63) is 69.7 Å². The number of fused-ring (bicyclic) bond motifs is 2. The first-order valence-corrected chi connectivity index (χ1v) is 16.2. The van der Waals surface area contributed by atoms with Gasteiger partial charge in [-0.3, -0.25) is 14.0 Å². The van der Waals surface area contributed by atoms with Crippen LogP contribution in [0.2, 0.25) is 5.02 Å². The van der Waals surface area contributed by atoms with Crippen LogP contribution in [0.1, 0.15) is 44.3 Å². The van der Waals surface area contributed by atoms with Crippen molar-refractivity contribution in [3.8, 4) is 11.3 Å². The molecule has 240 valence electrons. The molecule has 0 bridgehead atoms. The van der Waals surface area contributed by atoms with E-state index in [1.165, 1.54) is 18.9 Å². The van der Waals surface area contributed by atoms with Crippen LogP contribution in [0.15, 0.2) is 47.5 Å². The van der Waals surface area contributed by atoms with E-state index >= 15 is 0 Å². The summed E-state index contributed by atoms with van der Waals surface area (Å²) >= 11 is 5.93. The van der Waals surface area contributed by atoms with Gasteiger partial charge in [-0.05, 0) is 56.0 Å². The van der Waals surface area contributed by atoms with Crippen molar-refractivity contribution in [1.82, 2.24) is 24.3 Å². The van der Waals surface area contributed by atoms with Gasteiger partial charge >= 0.3 is 0 Å². The minimum absolute atomic E-state index is 0.0137. The van der Waals surface area contributed by atoms with Crippen LogP contribution in [0.25, 0.3) is 22.2 Å². The van der Waals surface area contributed by atoms with E-state index in [4.69, 9.17) is 35.8 Å². The summed E-state index contributed by atoms with van der Waals surface area (Å²) in [4.78, 5) is 24.6. The second-order valence-electron chi connectivity index (χ2n) is 11.8. The maximum Gasteiger partial charge on any atom is 0.261 e. The van der Waals surface area contributed by atoms with Gasteiger partial charge in [0.05, 0.1) is 30.7 Å². The normalized spacial score (nSPS) is 17.4. The summed E-state index contributed by atoms with van der Waals surface area (Å²) in [5.74, 6) is 0.884. The molecule has 1 aliphatic carbocycles. The molecule has 2 fully saturated rings. The topological polar surface area (TPSA) is 96.5 Å². The average Bonchev–Trinajstić information content (AvgIpc) is 3.84. The maximum absolute atomic E-state index is 14.7. The number of ether oxygens (including phenoxy) is 3. The molecular weight excluding hydrogens is 599 g/mol. The fraction of sp³-hybridized carbons (Fsp3) is 0.515. The quantitative estimate of drug-likeness (QED) is 0.229. The van der Waals surface area contributed by atoms with E-state index in [0.29, 0.717) is 65.8 Å². The molecule has 7 rings (SSSR count). The minimum Gasteiger partial charge on any atom is -0.385 e. The summed E-state index contributed by atoms with van der Waals surface area (Å²) in [5, 5.41) is 5.05. The predicted molar refractivity (Wildman–Crippen MR) is 171 cm³/mol. The van der Waals surface area contributed by atoms with Crippen LogP contribution in [0, 0.1) is 5.82 Å². The molecule has 45 heavy (non-hydrogen) atoms. The number of rotatable bonds is 9. The van der Waals surface area contributed by atoms with E-state index in [1.54, 1.807) is 29.9 Å². The summed E-state index contributed by atoms with van der Waals surface area (Å²) in [5.41, 5.74) is 1.03. The molecule has 1 saturated heterocycles. The molecule has 2 aliphatic heterocycles. The van der Waals surface area contributed by atoms with E-state index in [2.05, 4.69) is 10.00 Å². The molecule has 0 amide bonds. The second-order valence-corrected chi connectivity index (χ2v) is 12.3. The molecule has 0 radical (unpaired) electrons. The molecule has 0 spiro atoms. The van der Waals surface area contributed by atoms with Gasteiger partial charge in [0.1, 0.15) is 28.7 Å². The largest absolute Gasteiger partial charge is 0.385 e. The summed E-state index contributed by atoms with van der Waals surface area (Å²) in [6, 6.07) is 8.21. The molecule has 0 unspecified atom stereocenters. The third-order valence-electron chi connectivity index (χ3n) is 8.74. The number of aromatic nitrogens is 5. The van der Waals surface area contributed by atoms with Gasteiger partial charge in [-0.1, -0.05) is 24.4 Å². The fourth-order valence-electron chi connectivity index (χ4n) is 6.44. The Bertz CT molecular complexity index is 1650. The Morgan fingerprint density at radius 2 is 1.89 bits per heavy atom. The highest BCUT2D eigenvalue weighted by molar-refractivity contribution is 6.30. The molecule has 0 atom stereocenters. The van der Waals surface area contributed by atoms with E-state index in [-0.39, 0.29) is 11.2 Å². The maximum atomic E-state index is 14.7. The van der Waals surface area contributed by atoms with Crippen LogP contribution < -0.4 is 10.5 Å². The number of hydrogen-bond acceptors (Lipinski definition) is 8. The van der Waals surface area contributed by atoms with Gasteiger partial charge in [-0.15, -0.1) is 0 Å². The number of hydrogen-bond donors (Lipinski definition) is 0. The smallest absolute Gasteiger partial charge is 0.261 e. The molecule has 4 aromatic rings. The average molecular weight is 639 g/mol. The number of benzene rings is 1. The van der Waals surface area contributed by atoms with Crippen molar-refractivity contribution >= 4 is 28.3 Å². The monoisotopic (exact) mass is 638 g/mol. The Morgan fingerprint density at radius 3 is 2.62 bits per heavy atom. The zero-order chi connectivity index (χ0) is 31.2. The van der Waals surface area contributed by atoms with E-state index in [1.807, 2.05) is 23.1 Å². The lowest BCUT2D eigenvalue weighted by Gasteiger charge is -2.29. The molecule has 10 nitrogen and oxygen atoms in total. The van der Waals surface area contributed by atoms with Gasteiger partial charge in [0, 0.05) is 69.4 Å².